The topological polar surface area (TPSA) is 110 Å². The zero-order chi connectivity index (χ0) is 12.8. The van der Waals surface area contributed by atoms with Crippen LogP contribution < -0.4 is 11.3 Å². The SMILES string of the molecule is NNC(=O)CCCCSc1ncnc2nc[nH]c12. The van der Waals surface area contributed by atoms with Crippen molar-refractivity contribution in [1.82, 2.24) is 25.4 Å². The number of hydrazine groups is 1. The quantitative estimate of drug-likeness (QED) is 0.176. The van der Waals surface area contributed by atoms with Crippen molar-refractivity contribution in [2.45, 2.75) is 24.3 Å². The van der Waals surface area contributed by atoms with Crippen molar-refractivity contribution in [1.29, 1.82) is 0 Å². The van der Waals surface area contributed by atoms with Crippen LogP contribution in [0, 0.1) is 0 Å². The molecule has 0 aromatic carbocycles. The van der Waals surface area contributed by atoms with Crippen LogP contribution in [0.4, 0.5) is 0 Å². The van der Waals surface area contributed by atoms with Gasteiger partial charge in [0.05, 0.1) is 6.33 Å². The standard InChI is InChI=1S/C10H14N6OS/c11-16-7(17)3-1-2-4-18-10-8-9(13-5-12-8)14-6-15-10/h5-6H,1-4,11H2,(H,16,17)(H,12,13,14,15). The molecule has 2 heterocycles. The van der Waals surface area contributed by atoms with Crippen LogP contribution >= 0.6 is 11.8 Å². The van der Waals surface area contributed by atoms with E-state index in [4.69, 9.17) is 5.84 Å². The Hall–Kier alpha value is -1.67. The summed E-state index contributed by atoms with van der Waals surface area (Å²) in [4.78, 5) is 26.3. The summed E-state index contributed by atoms with van der Waals surface area (Å²) in [6.45, 7) is 0. The normalized spacial score (nSPS) is 10.7. The van der Waals surface area contributed by atoms with Crippen LogP contribution in [0.25, 0.3) is 11.2 Å². The number of carbonyl (C=O) groups excluding carboxylic acids is 1. The fourth-order valence-electron chi connectivity index (χ4n) is 1.48. The summed E-state index contributed by atoms with van der Waals surface area (Å²) in [5.74, 6) is 5.76. The van der Waals surface area contributed by atoms with E-state index in [1.165, 1.54) is 6.33 Å². The number of thioether (sulfide) groups is 1. The number of carbonyl (C=O) groups is 1. The zero-order valence-corrected chi connectivity index (χ0v) is 10.5. The lowest BCUT2D eigenvalue weighted by Crippen LogP contribution is -2.29. The highest BCUT2D eigenvalue weighted by molar-refractivity contribution is 7.99. The molecule has 96 valence electrons. The van der Waals surface area contributed by atoms with Crippen molar-refractivity contribution in [2.75, 3.05) is 5.75 Å². The maximum atomic E-state index is 10.9. The minimum atomic E-state index is -0.127. The van der Waals surface area contributed by atoms with Gasteiger partial charge in [0, 0.05) is 6.42 Å². The monoisotopic (exact) mass is 266 g/mol. The Kier molecular flexibility index (Phi) is 4.48. The van der Waals surface area contributed by atoms with Gasteiger partial charge in [0.1, 0.15) is 16.9 Å². The molecule has 18 heavy (non-hydrogen) atoms. The van der Waals surface area contributed by atoms with E-state index in [1.807, 2.05) is 0 Å². The molecule has 0 aliphatic rings. The van der Waals surface area contributed by atoms with E-state index >= 15 is 0 Å². The average molecular weight is 266 g/mol. The highest BCUT2D eigenvalue weighted by Crippen LogP contribution is 2.22. The van der Waals surface area contributed by atoms with E-state index in [2.05, 4.69) is 25.4 Å². The van der Waals surface area contributed by atoms with Crippen LogP contribution in [0.15, 0.2) is 17.7 Å². The molecular formula is C10H14N6OS. The number of rotatable bonds is 6. The second kappa shape index (κ2) is 6.31. The molecule has 0 unspecified atom stereocenters. The second-order valence-electron chi connectivity index (χ2n) is 3.65. The summed E-state index contributed by atoms with van der Waals surface area (Å²) in [5, 5.41) is 0.890. The summed E-state index contributed by atoms with van der Waals surface area (Å²) in [6, 6.07) is 0. The van der Waals surface area contributed by atoms with Gasteiger partial charge in [-0.25, -0.2) is 20.8 Å². The summed E-state index contributed by atoms with van der Waals surface area (Å²) >= 11 is 1.63. The third-order valence-corrected chi connectivity index (χ3v) is 3.46. The lowest BCUT2D eigenvalue weighted by Gasteiger charge is -2.01. The molecule has 0 saturated heterocycles. The Morgan fingerprint density at radius 3 is 3.11 bits per heavy atom. The number of aromatic amines is 1. The summed E-state index contributed by atoms with van der Waals surface area (Å²) in [7, 11) is 0. The van der Waals surface area contributed by atoms with E-state index in [0.717, 1.165) is 29.1 Å². The maximum absolute atomic E-state index is 10.9. The van der Waals surface area contributed by atoms with Gasteiger partial charge in [0.25, 0.3) is 0 Å². The summed E-state index contributed by atoms with van der Waals surface area (Å²) in [6.07, 6.45) is 5.31. The molecule has 0 saturated carbocycles. The van der Waals surface area contributed by atoms with Crippen molar-refractivity contribution < 1.29 is 4.79 Å². The molecule has 0 aliphatic heterocycles. The Balaban J connectivity index is 1.80. The number of unbranched alkanes of at least 4 members (excludes halogenated alkanes) is 1. The van der Waals surface area contributed by atoms with Gasteiger partial charge in [0.15, 0.2) is 5.65 Å². The van der Waals surface area contributed by atoms with Gasteiger partial charge >= 0.3 is 0 Å². The number of hydrogen-bond donors (Lipinski definition) is 3. The van der Waals surface area contributed by atoms with Gasteiger partial charge in [-0.05, 0) is 18.6 Å². The minimum Gasteiger partial charge on any atom is -0.341 e. The fraction of sp³-hybridized carbons (Fsp3) is 0.400. The number of amides is 1. The number of nitrogens with zero attached hydrogens (tertiary/aromatic N) is 3. The van der Waals surface area contributed by atoms with Crippen molar-refractivity contribution in [2.24, 2.45) is 5.84 Å². The van der Waals surface area contributed by atoms with Crippen molar-refractivity contribution in [3.63, 3.8) is 0 Å². The van der Waals surface area contributed by atoms with E-state index in [1.54, 1.807) is 18.1 Å². The van der Waals surface area contributed by atoms with Crippen molar-refractivity contribution in [3.05, 3.63) is 12.7 Å². The van der Waals surface area contributed by atoms with E-state index in [-0.39, 0.29) is 5.91 Å². The van der Waals surface area contributed by atoms with Crippen molar-refractivity contribution in [3.8, 4) is 0 Å². The first kappa shape index (κ1) is 12.8. The van der Waals surface area contributed by atoms with Gasteiger partial charge in [-0.15, -0.1) is 11.8 Å². The predicted molar refractivity (Wildman–Crippen MR) is 68.6 cm³/mol. The molecule has 2 aromatic heterocycles. The van der Waals surface area contributed by atoms with E-state index < -0.39 is 0 Å². The molecule has 8 heteroatoms. The van der Waals surface area contributed by atoms with Crippen LogP contribution in [0.2, 0.25) is 0 Å². The molecule has 0 fully saturated rings. The molecule has 0 radical (unpaired) electrons. The first-order valence-corrected chi connectivity index (χ1v) is 6.56. The number of nitrogens with one attached hydrogen (secondary N) is 2. The largest absolute Gasteiger partial charge is 0.341 e. The highest BCUT2D eigenvalue weighted by Gasteiger charge is 2.06. The fourth-order valence-corrected chi connectivity index (χ4v) is 2.44. The number of imidazole rings is 1. The lowest BCUT2D eigenvalue weighted by molar-refractivity contribution is -0.121. The molecule has 0 spiro atoms. The minimum absolute atomic E-state index is 0.127. The Morgan fingerprint density at radius 1 is 1.39 bits per heavy atom. The predicted octanol–water partition coefficient (Wildman–Crippen LogP) is 0.605. The molecule has 1 amide bonds. The summed E-state index contributed by atoms with van der Waals surface area (Å²) < 4.78 is 0. The number of fused-ring (bicyclic) bond motifs is 1. The molecule has 7 nitrogen and oxygen atoms in total. The Bertz CT molecular complexity index is 528. The van der Waals surface area contributed by atoms with Gasteiger partial charge in [0.2, 0.25) is 5.91 Å². The van der Waals surface area contributed by atoms with Crippen LogP contribution in [-0.4, -0.2) is 31.6 Å². The molecule has 2 aromatic rings. The Morgan fingerprint density at radius 2 is 2.28 bits per heavy atom. The number of nitrogens with two attached hydrogens (primary N) is 1. The number of aromatic nitrogens is 4. The average Bonchev–Trinajstić information content (AvgIpc) is 2.87. The first-order valence-electron chi connectivity index (χ1n) is 5.57. The third kappa shape index (κ3) is 3.17. The van der Waals surface area contributed by atoms with Gasteiger partial charge in [-0.2, -0.15) is 0 Å². The Labute approximate surface area is 108 Å². The lowest BCUT2D eigenvalue weighted by atomic mass is 10.2. The van der Waals surface area contributed by atoms with Crippen LogP contribution in [-0.2, 0) is 4.79 Å². The molecular weight excluding hydrogens is 252 g/mol. The first-order chi connectivity index (χ1) is 8.81. The molecule has 0 atom stereocenters. The third-order valence-electron chi connectivity index (χ3n) is 2.39. The zero-order valence-electron chi connectivity index (χ0n) is 9.72. The summed E-state index contributed by atoms with van der Waals surface area (Å²) in [5.41, 5.74) is 3.65. The number of hydrogen-bond acceptors (Lipinski definition) is 6. The smallest absolute Gasteiger partial charge is 0.233 e. The van der Waals surface area contributed by atoms with Crippen LogP contribution in [0.5, 0.6) is 0 Å². The van der Waals surface area contributed by atoms with Crippen LogP contribution in [0.1, 0.15) is 19.3 Å². The molecule has 2 rings (SSSR count). The van der Waals surface area contributed by atoms with Gasteiger partial charge in [-0.3, -0.25) is 10.2 Å². The molecule has 4 N–H and O–H groups in total. The molecule has 0 bridgehead atoms. The number of H-pyrrole nitrogens is 1. The van der Waals surface area contributed by atoms with Crippen LogP contribution in [0.3, 0.4) is 0 Å². The molecule has 0 aliphatic carbocycles. The van der Waals surface area contributed by atoms with E-state index in [0.29, 0.717) is 12.1 Å². The maximum Gasteiger partial charge on any atom is 0.233 e. The second-order valence-corrected chi connectivity index (χ2v) is 4.74. The van der Waals surface area contributed by atoms with Crippen molar-refractivity contribution >= 4 is 28.8 Å². The van der Waals surface area contributed by atoms with E-state index in [9.17, 15) is 4.79 Å². The van der Waals surface area contributed by atoms with Gasteiger partial charge in [-0.1, -0.05) is 0 Å². The highest BCUT2D eigenvalue weighted by atomic mass is 32.2. The van der Waals surface area contributed by atoms with Gasteiger partial charge < -0.3 is 4.98 Å².